The molecular formula is C17H17NO2. The molecule has 0 unspecified atom stereocenters. The van der Waals surface area contributed by atoms with Crippen molar-refractivity contribution < 1.29 is 9.53 Å². The summed E-state index contributed by atoms with van der Waals surface area (Å²) in [6.45, 7) is 1.52. The number of rotatable bonds is 3. The number of ether oxygens (including phenoxy) is 1. The molecule has 0 saturated heterocycles. The van der Waals surface area contributed by atoms with Gasteiger partial charge >= 0.3 is 0 Å². The van der Waals surface area contributed by atoms with Crippen LogP contribution in [0.4, 0.5) is 0 Å². The number of hydrogen-bond donors (Lipinski definition) is 0. The van der Waals surface area contributed by atoms with Gasteiger partial charge in [-0.2, -0.15) is 0 Å². The van der Waals surface area contributed by atoms with E-state index >= 15 is 0 Å². The van der Waals surface area contributed by atoms with E-state index in [1.165, 1.54) is 30.9 Å². The number of fused-ring (bicyclic) bond motifs is 1. The van der Waals surface area contributed by atoms with Crippen molar-refractivity contribution in [2.75, 3.05) is 0 Å². The highest BCUT2D eigenvalue weighted by Gasteiger charge is 2.13. The highest BCUT2D eigenvalue weighted by Crippen LogP contribution is 2.28. The molecule has 3 heteroatoms. The highest BCUT2D eigenvalue weighted by atomic mass is 16.5. The average Bonchev–Trinajstić information content (AvgIpc) is 2.47. The standard InChI is InChI=1S/C17H17NO2/c1-12(19)16-7-4-10-18-17(16)20-15-9-8-13-5-2-3-6-14(13)11-15/h4,7-11H,2-3,5-6H2,1H3. The molecule has 0 aliphatic heterocycles. The number of ketones is 1. The number of aromatic nitrogens is 1. The number of aryl methyl sites for hydroxylation is 2. The van der Waals surface area contributed by atoms with Gasteiger partial charge in [-0.15, -0.1) is 0 Å². The fraction of sp³-hybridized carbons (Fsp3) is 0.294. The predicted molar refractivity (Wildman–Crippen MR) is 77.4 cm³/mol. The number of nitrogens with zero attached hydrogens (tertiary/aromatic N) is 1. The van der Waals surface area contributed by atoms with Gasteiger partial charge in [0.2, 0.25) is 5.88 Å². The first-order valence-corrected chi connectivity index (χ1v) is 6.99. The Balaban J connectivity index is 1.90. The molecule has 1 aromatic heterocycles. The zero-order chi connectivity index (χ0) is 13.9. The average molecular weight is 267 g/mol. The summed E-state index contributed by atoms with van der Waals surface area (Å²) in [6, 6.07) is 9.65. The van der Waals surface area contributed by atoms with Gasteiger partial charge in [-0.25, -0.2) is 4.98 Å². The van der Waals surface area contributed by atoms with Crippen LogP contribution in [-0.4, -0.2) is 10.8 Å². The molecule has 1 heterocycles. The molecule has 20 heavy (non-hydrogen) atoms. The molecule has 0 N–H and O–H groups in total. The van der Waals surface area contributed by atoms with E-state index in [4.69, 9.17) is 4.74 Å². The quantitative estimate of drug-likeness (QED) is 0.790. The van der Waals surface area contributed by atoms with Gasteiger partial charge < -0.3 is 4.74 Å². The van der Waals surface area contributed by atoms with E-state index in [1.807, 2.05) is 6.07 Å². The van der Waals surface area contributed by atoms with E-state index in [2.05, 4.69) is 17.1 Å². The van der Waals surface area contributed by atoms with Gasteiger partial charge in [0.05, 0.1) is 5.56 Å². The summed E-state index contributed by atoms with van der Waals surface area (Å²) < 4.78 is 5.80. The Labute approximate surface area is 118 Å². The topological polar surface area (TPSA) is 39.2 Å². The molecule has 1 aromatic carbocycles. The van der Waals surface area contributed by atoms with Gasteiger partial charge in [0.15, 0.2) is 5.78 Å². The third kappa shape index (κ3) is 2.57. The van der Waals surface area contributed by atoms with Crippen molar-refractivity contribution in [1.29, 1.82) is 0 Å². The van der Waals surface area contributed by atoms with Crippen LogP contribution in [0, 0.1) is 0 Å². The normalized spacial score (nSPS) is 13.7. The van der Waals surface area contributed by atoms with Gasteiger partial charge in [0.25, 0.3) is 0 Å². The number of carbonyl (C=O) groups excluding carboxylic acids is 1. The lowest BCUT2D eigenvalue weighted by Crippen LogP contribution is -2.03. The van der Waals surface area contributed by atoms with Crippen molar-refractivity contribution in [2.45, 2.75) is 32.6 Å². The molecule has 0 amide bonds. The second kappa shape index (κ2) is 5.45. The van der Waals surface area contributed by atoms with E-state index < -0.39 is 0 Å². The molecule has 1 aliphatic carbocycles. The third-order valence-electron chi connectivity index (χ3n) is 3.68. The van der Waals surface area contributed by atoms with Crippen LogP contribution >= 0.6 is 0 Å². The number of benzene rings is 1. The summed E-state index contributed by atoms with van der Waals surface area (Å²) in [7, 11) is 0. The van der Waals surface area contributed by atoms with E-state index in [-0.39, 0.29) is 5.78 Å². The molecule has 0 radical (unpaired) electrons. The Bertz CT molecular complexity index is 649. The maximum atomic E-state index is 11.6. The SMILES string of the molecule is CC(=O)c1cccnc1Oc1ccc2c(c1)CCCC2. The van der Waals surface area contributed by atoms with Crippen LogP contribution < -0.4 is 4.74 Å². The van der Waals surface area contributed by atoms with Crippen LogP contribution in [0.2, 0.25) is 0 Å². The molecule has 0 bridgehead atoms. The fourth-order valence-electron chi connectivity index (χ4n) is 2.63. The Morgan fingerprint density at radius 2 is 1.95 bits per heavy atom. The summed E-state index contributed by atoms with van der Waals surface area (Å²) in [6.07, 6.45) is 6.40. The summed E-state index contributed by atoms with van der Waals surface area (Å²) >= 11 is 0. The molecular weight excluding hydrogens is 250 g/mol. The zero-order valence-electron chi connectivity index (χ0n) is 11.6. The number of carbonyl (C=O) groups is 1. The molecule has 3 rings (SSSR count). The van der Waals surface area contributed by atoms with Crippen molar-refractivity contribution in [3.63, 3.8) is 0 Å². The van der Waals surface area contributed by atoms with Gasteiger partial charge in [0.1, 0.15) is 5.75 Å². The van der Waals surface area contributed by atoms with E-state index in [9.17, 15) is 4.79 Å². The van der Waals surface area contributed by atoms with Crippen molar-refractivity contribution in [3.8, 4) is 11.6 Å². The Morgan fingerprint density at radius 3 is 2.75 bits per heavy atom. The van der Waals surface area contributed by atoms with Gasteiger partial charge in [-0.3, -0.25) is 4.79 Å². The Morgan fingerprint density at radius 1 is 1.15 bits per heavy atom. The van der Waals surface area contributed by atoms with Gasteiger partial charge in [-0.1, -0.05) is 6.07 Å². The number of Topliss-reactive ketones (excluding diaryl/α,β-unsaturated/α-hetero) is 1. The second-order valence-corrected chi connectivity index (χ2v) is 5.15. The largest absolute Gasteiger partial charge is 0.438 e. The van der Waals surface area contributed by atoms with Crippen LogP contribution in [0.1, 0.15) is 41.3 Å². The van der Waals surface area contributed by atoms with Crippen LogP contribution in [0.25, 0.3) is 0 Å². The van der Waals surface area contributed by atoms with Crippen molar-refractivity contribution in [1.82, 2.24) is 4.98 Å². The van der Waals surface area contributed by atoms with Crippen LogP contribution in [0.3, 0.4) is 0 Å². The summed E-state index contributed by atoms with van der Waals surface area (Å²) in [5.41, 5.74) is 3.29. The molecule has 0 spiro atoms. The lowest BCUT2D eigenvalue weighted by molar-refractivity contribution is 0.101. The third-order valence-corrected chi connectivity index (χ3v) is 3.68. The van der Waals surface area contributed by atoms with E-state index in [1.54, 1.807) is 18.3 Å². The minimum absolute atomic E-state index is 0.0361. The van der Waals surface area contributed by atoms with Gasteiger partial charge in [0, 0.05) is 6.20 Å². The lowest BCUT2D eigenvalue weighted by atomic mass is 9.92. The maximum Gasteiger partial charge on any atom is 0.230 e. The molecule has 1 aliphatic rings. The van der Waals surface area contributed by atoms with Crippen LogP contribution in [-0.2, 0) is 12.8 Å². The van der Waals surface area contributed by atoms with Crippen molar-refractivity contribution >= 4 is 5.78 Å². The highest BCUT2D eigenvalue weighted by molar-refractivity contribution is 5.96. The number of hydrogen-bond acceptors (Lipinski definition) is 3. The molecule has 0 fully saturated rings. The number of pyridine rings is 1. The Kier molecular flexibility index (Phi) is 3.50. The van der Waals surface area contributed by atoms with Crippen LogP contribution in [0.5, 0.6) is 11.6 Å². The lowest BCUT2D eigenvalue weighted by Gasteiger charge is -2.16. The predicted octanol–water partition coefficient (Wildman–Crippen LogP) is 3.96. The summed E-state index contributed by atoms with van der Waals surface area (Å²) in [5.74, 6) is 1.11. The molecule has 3 nitrogen and oxygen atoms in total. The van der Waals surface area contributed by atoms with Gasteiger partial charge in [-0.05, 0) is 68.0 Å². The minimum Gasteiger partial charge on any atom is -0.438 e. The zero-order valence-corrected chi connectivity index (χ0v) is 11.6. The molecule has 0 saturated carbocycles. The van der Waals surface area contributed by atoms with Crippen molar-refractivity contribution in [2.24, 2.45) is 0 Å². The maximum absolute atomic E-state index is 11.6. The second-order valence-electron chi connectivity index (χ2n) is 5.15. The summed E-state index contributed by atoms with van der Waals surface area (Å²) in [5, 5.41) is 0. The Hall–Kier alpha value is -2.16. The summed E-state index contributed by atoms with van der Waals surface area (Å²) in [4.78, 5) is 15.7. The van der Waals surface area contributed by atoms with Crippen molar-refractivity contribution in [3.05, 3.63) is 53.2 Å². The molecule has 102 valence electrons. The minimum atomic E-state index is -0.0361. The fourth-order valence-corrected chi connectivity index (χ4v) is 2.63. The van der Waals surface area contributed by atoms with E-state index in [0.29, 0.717) is 11.4 Å². The first-order valence-electron chi connectivity index (χ1n) is 6.99. The monoisotopic (exact) mass is 267 g/mol. The molecule has 2 aromatic rings. The smallest absolute Gasteiger partial charge is 0.230 e. The first kappa shape index (κ1) is 12.9. The van der Waals surface area contributed by atoms with Crippen LogP contribution in [0.15, 0.2) is 36.5 Å². The molecule has 0 atom stereocenters. The first-order chi connectivity index (χ1) is 9.74. The van der Waals surface area contributed by atoms with E-state index in [0.717, 1.165) is 18.6 Å².